The summed E-state index contributed by atoms with van der Waals surface area (Å²) in [6, 6.07) is 0. The SMILES string of the molecule is C[C@]12C=CC(=O)CC1=CC[C@@H]1[C@@H]2C(O)C[C@@]2(C)[C@H]1CC(O)[C@]2(O)C(=O)CO. The number of hydrogen-bond acceptors (Lipinski definition) is 6. The Morgan fingerprint density at radius 2 is 2.00 bits per heavy atom. The van der Waals surface area contributed by atoms with Gasteiger partial charge in [0.15, 0.2) is 17.2 Å². The lowest BCUT2D eigenvalue weighted by Crippen LogP contribution is -2.63. The third kappa shape index (κ3) is 2.21. The first kappa shape index (κ1) is 19.0. The van der Waals surface area contributed by atoms with Gasteiger partial charge in [-0.15, -0.1) is 0 Å². The lowest BCUT2D eigenvalue weighted by atomic mass is 9.47. The first-order valence-corrected chi connectivity index (χ1v) is 9.74. The molecule has 0 bridgehead atoms. The number of aliphatic hydroxyl groups is 4. The van der Waals surface area contributed by atoms with Gasteiger partial charge in [-0.25, -0.2) is 0 Å². The van der Waals surface area contributed by atoms with Crippen LogP contribution in [-0.4, -0.2) is 56.4 Å². The molecule has 2 unspecified atom stereocenters. The van der Waals surface area contributed by atoms with Crippen LogP contribution in [0.25, 0.3) is 0 Å². The summed E-state index contributed by atoms with van der Waals surface area (Å²) >= 11 is 0. The highest BCUT2D eigenvalue weighted by molar-refractivity contribution is 5.93. The molecule has 8 atom stereocenters. The van der Waals surface area contributed by atoms with Crippen molar-refractivity contribution in [3.8, 4) is 0 Å². The second-order valence-electron chi connectivity index (χ2n) is 9.31. The van der Waals surface area contributed by atoms with E-state index in [-0.39, 0.29) is 36.4 Å². The van der Waals surface area contributed by atoms with Gasteiger partial charge in [-0.3, -0.25) is 9.59 Å². The van der Waals surface area contributed by atoms with Gasteiger partial charge in [-0.2, -0.15) is 0 Å². The number of aliphatic hydroxyl groups excluding tert-OH is 3. The number of allylic oxidation sites excluding steroid dienone is 4. The van der Waals surface area contributed by atoms with Crippen molar-refractivity contribution in [3.05, 3.63) is 23.8 Å². The van der Waals surface area contributed by atoms with Crippen molar-refractivity contribution in [1.82, 2.24) is 0 Å². The molecule has 0 amide bonds. The van der Waals surface area contributed by atoms with Crippen molar-refractivity contribution in [2.75, 3.05) is 6.61 Å². The minimum absolute atomic E-state index is 0.0273. The largest absolute Gasteiger partial charge is 0.393 e. The van der Waals surface area contributed by atoms with Gasteiger partial charge in [-0.1, -0.05) is 31.6 Å². The lowest BCUT2D eigenvalue weighted by molar-refractivity contribution is -0.188. The topological polar surface area (TPSA) is 115 Å². The first-order valence-electron chi connectivity index (χ1n) is 9.74. The Kier molecular flexibility index (Phi) is 4.10. The predicted octanol–water partition coefficient (Wildman–Crippen LogP) is 0.528. The fourth-order valence-corrected chi connectivity index (χ4v) is 6.87. The minimum Gasteiger partial charge on any atom is -0.393 e. The maximum atomic E-state index is 12.4. The molecule has 0 aliphatic heterocycles. The van der Waals surface area contributed by atoms with E-state index >= 15 is 0 Å². The molecule has 0 spiro atoms. The Balaban J connectivity index is 1.79. The summed E-state index contributed by atoms with van der Waals surface area (Å²) in [6.45, 7) is 2.95. The van der Waals surface area contributed by atoms with Crippen LogP contribution in [0, 0.1) is 28.6 Å². The van der Waals surface area contributed by atoms with Crippen LogP contribution in [0.15, 0.2) is 23.8 Å². The monoisotopic (exact) mass is 376 g/mol. The van der Waals surface area contributed by atoms with Crippen LogP contribution in [0.4, 0.5) is 0 Å². The second kappa shape index (κ2) is 5.83. The van der Waals surface area contributed by atoms with Crippen LogP contribution >= 0.6 is 0 Å². The molecule has 0 aromatic carbocycles. The minimum atomic E-state index is -2.05. The third-order valence-electron chi connectivity index (χ3n) is 8.24. The molecule has 27 heavy (non-hydrogen) atoms. The van der Waals surface area contributed by atoms with E-state index in [1.807, 2.05) is 13.0 Å². The first-order chi connectivity index (χ1) is 12.6. The number of Topliss-reactive ketones (excluding diaryl/α,β-unsaturated/α-hetero) is 1. The Hall–Kier alpha value is -1.34. The average Bonchev–Trinajstić information content (AvgIpc) is 2.82. The van der Waals surface area contributed by atoms with E-state index in [4.69, 9.17) is 0 Å². The van der Waals surface area contributed by atoms with Gasteiger partial charge in [0.1, 0.15) is 6.61 Å². The predicted molar refractivity (Wildman–Crippen MR) is 96.4 cm³/mol. The summed E-state index contributed by atoms with van der Waals surface area (Å²) in [7, 11) is 0. The van der Waals surface area contributed by atoms with Gasteiger partial charge in [0.2, 0.25) is 0 Å². The number of ketones is 2. The molecule has 0 heterocycles. The quantitative estimate of drug-likeness (QED) is 0.523. The van der Waals surface area contributed by atoms with E-state index in [9.17, 15) is 30.0 Å². The van der Waals surface area contributed by atoms with Gasteiger partial charge < -0.3 is 20.4 Å². The van der Waals surface area contributed by atoms with Crippen molar-refractivity contribution >= 4 is 11.6 Å². The second-order valence-corrected chi connectivity index (χ2v) is 9.31. The summed E-state index contributed by atoms with van der Waals surface area (Å²) in [5.74, 6) is -1.06. The van der Waals surface area contributed by atoms with Gasteiger partial charge in [0.25, 0.3) is 0 Å². The zero-order valence-electron chi connectivity index (χ0n) is 15.8. The highest BCUT2D eigenvalue weighted by Gasteiger charge is 2.71. The smallest absolute Gasteiger partial charge is 0.192 e. The van der Waals surface area contributed by atoms with Gasteiger partial charge in [0, 0.05) is 23.2 Å². The molecule has 4 aliphatic rings. The van der Waals surface area contributed by atoms with Gasteiger partial charge >= 0.3 is 0 Å². The summed E-state index contributed by atoms with van der Waals surface area (Å²) in [5.41, 5.74) is -2.48. The van der Waals surface area contributed by atoms with Crippen molar-refractivity contribution in [1.29, 1.82) is 0 Å². The Morgan fingerprint density at radius 3 is 2.67 bits per heavy atom. The number of carbonyl (C=O) groups is 2. The zero-order chi connectivity index (χ0) is 19.8. The van der Waals surface area contributed by atoms with Crippen LogP contribution in [-0.2, 0) is 9.59 Å². The molecule has 0 aromatic rings. The standard InChI is InChI=1S/C21H28O6/c1-19-6-5-12(23)7-11(19)3-4-13-14-8-16(25)21(27,17(26)10-22)20(14,2)9-15(24)18(13)19/h3,5-6,13-16,18,22,24-25,27H,4,7-10H2,1-2H3/t13-,14-,15?,16?,18+,19-,20-,21-/m0/s1. The van der Waals surface area contributed by atoms with Gasteiger partial charge in [-0.05, 0) is 37.2 Å². The Labute approximate surface area is 158 Å². The fourth-order valence-electron chi connectivity index (χ4n) is 6.87. The number of carbonyl (C=O) groups excluding carboxylic acids is 2. The maximum absolute atomic E-state index is 12.4. The van der Waals surface area contributed by atoms with Crippen LogP contribution in [0.1, 0.15) is 39.5 Å². The van der Waals surface area contributed by atoms with Crippen LogP contribution in [0.3, 0.4) is 0 Å². The summed E-state index contributed by atoms with van der Waals surface area (Å²) in [5, 5.41) is 42.3. The van der Waals surface area contributed by atoms with E-state index in [0.717, 1.165) is 5.57 Å². The van der Waals surface area contributed by atoms with E-state index in [0.29, 0.717) is 12.8 Å². The molecule has 6 heteroatoms. The molecule has 4 rings (SSSR count). The Morgan fingerprint density at radius 1 is 1.30 bits per heavy atom. The van der Waals surface area contributed by atoms with Crippen LogP contribution in [0.2, 0.25) is 0 Å². The fraction of sp³-hybridized carbons (Fsp3) is 0.714. The van der Waals surface area contributed by atoms with E-state index < -0.39 is 41.0 Å². The molecule has 2 fully saturated rings. The van der Waals surface area contributed by atoms with Crippen molar-refractivity contribution in [2.45, 2.75) is 57.3 Å². The molecule has 148 valence electrons. The van der Waals surface area contributed by atoms with E-state index in [2.05, 4.69) is 6.08 Å². The normalized spacial score (nSPS) is 51.3. The Bertz CT molecular complexity index is 756. The van der Waals surface area contributed by atoms with Crippen molar-refractivity contribution in [3.63, 3.8) is 0 Å². The average molecular weight is 376 g/mol. The number of rotatable bonds is 2. The van der Waals surface area contributed by atoms with Crippen LogP contribution < -0.4 is 0 Å². The van der Waals surface area contributed by atoms with Crippen LogP contribution in [0.5, 0.6) is 0 Å². The molecule has 0 saturated heterocycles. The van der Waals surface area contributed by atoms with Crippen molar-refractivity contribution < 1.29 is 30.0 Å². The molecule has 0 aromatic heterocycles. The van der Waals surface area contributed by atoms with Gasteiger partial charge in [0.05, 0.1) is 12.2 Å². The number of fused-ring (bicyclic) bond motifs is 5. The summed E-state index contributed by atoms with van der Waals surface area (Å²) in [6.07, 6.45) is 4.94. The van der Waals surface area contributed by atoms with E-state index in [1.165, 1.54) is 0 Å². The zero-order valence-corrected chi connectivity index (χ0v) is 15.8. The highest BCUT2D eigenvalue weighted by atomic mass is 16.4. The van der Waals surface area contributed by atoms with E-state index in [1.54, 1.807) is 13.0 Å². The number of hydrogen-bond donors (Lipinski definition) is 4. The van der Waals surface area contributed by atoms with Crippen molar-refractivity contribution in [2.24, 2.45) is 28.6 Å². The molecular formula is C21H28O6. The summed E-state index contributed by atoms with van der Waals surface area (Å²) in [4.78, 5) is 24.3. The molecule has 4 aliphatic carbocycles. The maximum Gasteiger partial charge on any atom is 0.192 e. The molecule has 6 nitrogen and oxygen atoms in total. The third-order valence-corrected chi connectivity index (χ3v) is 8.24. The molecule has 0 radical (unpaired) electrons. The summed E-state index contributed by atoms with van der Waals surface area (Å²) < 4.78 is 0. The lowest BCUT2D eigenvalue weighted by Gasteiger charge is -2.58. The molecule has 2 saturated carbocycles. The molecular weight excluding hydrogens is 348 g/mol. The molecule has 4 N–H and O–H groups in total. The highest BCUT2D eigenvalue weighted by Crippen LogP contribution is 2.66.